The van der Waals surface area contributed by atoms with Crippen molar-refractivity contribution in [3.8, 4) is 0 Å². The first-order chi connectivity index (χ1) is 15.1. The van der Waals surface area contributed by atoms with Gasteiger partial charge in [0, 0.05) is 22.3 Å². The monoisotopic (exact) mass is 420 g/mol. The van der Waals surface area contributed by atoms with Crippen molar-refractivity contribution in [3.63, 3.8) is 0 Å². The molecule has 1 unspecified atom stereocenters. The molecule has 31 heavy (non-hydrogen) atoms. The van der Waals surface area contributed by atoms with Crippen molar-refractivity contribution >= 4 is 23.3 Å². The zero-order valence-corrected chi connectivity index (χ0v) is 18.8. The van der Waals surface area contributed by atoms with Crippen LogP contribution in [0, 0.1) is 13.8 Å². The van der Waals surface area contributed by atoms with Gasteiger partial charge < -0.3 is 4.57 Å². The van der Waals surface area contributed by atoms with Crippen molar-refractivity contribution in [2.24, 2.45) is 0 Å². The van der Waals surface area contributed by atoms with Crippen molar-refractivity contribution in [3.05, 3.63) is 136 Å². The quantitative estimate of drug-likeness (QED) is 0.339. The van der Waals surface area contributed by atoms with Gasteiger partial charge in [-0.15, -0.1) is 0 Å². The Kier molecular flexibility index (Phi) is 5.00. The molecule has 4 aromatic rings. The number of hydrogen-bond donors (Lipinski definition) is 0. The van der Waals surface area contributed by atoms with Crippen LogP contribution in [0.5, 0.6) is 0 Å². The van der Waals surface area contributed by atoms with Gasteiger partial charge in [-0.3, -0.25) is 0 Å². The van der Waals surface area contributed by atoms with E-state index in [0.717, 1.165) is 38.2 Å². The molecule has 1 aliphatic heterocycles. The molecule has 0 amide bonds. The Balaban J connectivity index is 1.84. The molecule has 0 saturated carbocycles. The number of allylic oxidation sites excluding steroid dienone is 1. The fraction of sp³-hybridized carbons (Fsp3) is 0.103. The maximum atomic E-state index is 15.2. The Hall–Kier alpha value is -3.15. The van der Waals surface area contributed by atoms with Crippen LogP contribution in [-0.4, -0.2) is 0 Å². The van der Waals surface area contributed by atoms with Crippen LogP contribution in [0.2, 0.25) is 0 Å². The Labute approximate surface area is 184 Å². The number of fused-ring (bicyclic) bond motifs is 1. The van der Waals surface area contributed by atoms with E-state index in [9.17, 15) is 0 Å². The smallest absolute Gasteiger partial charge is 0.168 e. The molecule has 0 bridgehead atoms. The van der Waals surface area contributed by atoms with Crippen LogP contribution in [0.25, 0.3) is 5.57 Å². The molecule has 0 spiro atoms. The zero-order chi connectivity index (χ0) is 21.4. The normalized spacial score (nSPS) is 17.6. The van der Waals surface area contributed by atoms with E-state index in [1.54, 1.807) is 0 Å². The first kappa shape index (κ1) is 19.8. The molecule has 1 nitrogen and oxygen atoms in total. The molecule has 2 heteroatoms. The van der Waals surface area contributed by atoms with E-state index in [1.165, 1.54) is 11.1 Å². The molecule has 4 aromatic carbocycles. The first-order valence-corrected chi connectivity index (χ1v) is 12.4. The van der Waals surface area contributed by atoms with Gasteiger partial charge in [-0.2, -0.15) is 0 Å². The second-order valence-corrected chi connectivity index (χ2v) is 11.1. The minimum atomic E-state index is -2.98. The van der Waals surface area contributed by atoms with E-state index in [1.807, 2.05) is 12.1 Å². The van der Waals surface area contributed by atoms with Gasteiger partial charge >= 0.3 is 0 Å². The Bertz CT molecular complexity index is 1320. The molecule has 1 aliphatic rings. The fourth-order valence-corrected chi connectivity index (χ4v) is 7.87. The molecule has 0 radical (unpaired) electrons. The van der Waals surface area contributed by atoms with Gasteiger partial charge in [0.2, 0.25) is 0 Å². The van der Waals surface area contributed by atoms with Crippen LogP contribution in [-0.2, 0) is 11.0 Å². The third-order valence-electron chi connectivity index (χ3n) is 6.10. The SMILES string of the molecule is Cc1ccc(P2(=O)C(Cc3ccccc3)=C(c3ccccc3)c3ccc(C)cc32)cc1. The lowest BCUT2D eigenvalue weighted by atomic mass is 9.95. The standard InChI is InChI=1S/C29H25OP/c1-21-13-16-25(17-14-21)31(30)27-19-22(2)15-18-26(27)29(24-11-7-4-8-12-24)28(31)20-23-9-5-3-6-10-23/h3-19H,20H2,1-2H3. The highest BCUT2D eigenvalue weighted by atomic mass is 31.2. The van der Waals surface area contributed by atoms with Gasteiger partial charge in [-0.1, -0.05) is 108 Å². The van der Waals surface area contributed by atoms with E-state index >= 15 is 4.57 Å². The number of aryl methyl sites for hydroxylation is 2. The van der Waals surface area contributed by atoms with E-state index in [-0.39, 0.29) is 0 Å². The average Bonchev–Trinajstić information content (AvgIpc) is 3.04. The highest BCUT2D eigenvalue weighted by Crippen LogP contribution is 2.62. The molecule has 0 aromatic heterocycles. The molecular formula is C29H25OP. The molecule has 152 valence electrons. The lowest BCUT2D eigenvalue weighted by Gasteiger charge is -2.20. The highest BCUT2D eigenvalue weighted by molar-refractivity contribution is 7.83. The van der Waals surface area contributed by atoms with Crippen molar-refractivity contribution in [2.75, 3.05) is 0 Å². The van der Waals surface area contributed by atoms with E-state index in [4.69, 9.17) is 0 Å². The van der Waals surface area contributed by atoms with Crippen molar-refractivity contribution in [2.45, 2.75) is 20.3 Å². The Morgan fingerprint density at radius 2 is 1.29 bits per heavy atom. The van der Waals surface area contributed by atoms with Crippen molar-refractivity contribution in [1.82, 2.24) is 0 Å². The van der Waals surface area contributed by atoms with Crippen LogP contribution < -0.4 is 10.6 Å². The number of hydrogen-bond acceptors (Lipinski definition) is 1. The molecule has 0 fully saturated rings. The van der Waals surface area contributed by atoms with Crippen LogP contribution in [0.3, 0.4) is 0 Å². The van der Waals surface area contributed by atoms with Gasteiger partial charge in [-0.05, 0) is 42.2 Å². The lowest BCUT2D eigenvalue weighted by molar-refractivity contribution is 0.590. The van der Waals surface area contributed by atoms with Gasteiger partial charge in [0.15, 0.2) is 7.14 Å². The first-order valence-electron chi connectivity index (χ1n) is 10.7. The van der Waals surface area contributed by atoms with Crippen LogP contribution in [0.4, 0.5) is 0 Å². The van der Waals surface area contributed by atoms with Crippen LogP contribution >= 0.6 is 7.14 Å². The summed E-state index contributed by atoms with van der Waals surface area (Å²) in [6.45, 7) is 4.15. The topological polar surface area (TPSA) is 17.1 Å². The largest absolute Gasteiger partial charge is 0.309 e. The van der Waals surface area contributed by atoms with Gasteiger partial charge in [0.1, 0.15) is 0 Å². The van der Waals surface area contributed by atoms with E-state index in [0.29, 0.717) is 6.42 Å². The predicted octanol–water partition coefficient (Wildman–Crippen LogP) is 6.63. The molecule has 5 rings (SSSR count). The Morgan fingerprint density at radius 3 is 1.97 bits per heavy atom. The third kappa shape index (κ3) is 3.40. The molecular weight excluding hydrogens is 395 g/mol. The second kappa shape index (κ2) is 7.84. The summed E-state index contributed by atoms with van der Waals surface area (Å²) in [4.78, 5) is 0. The van der Waals surface area contributed by atoms with Crippen LogP contribution in [0.15, 0.2) is 108 Å². The average molecular weight is 420 g/mol. The minimum Gasteiger partial charge on any atom is -0.309 e. The number of benzene rings is 4. The summed E-state index contributed by atoms with van der Waals surface area (Å²) in [5.74, 6) is 0. The second-order valence-electron chi connectivity index (χ2n) is 8.32. The summed E-state index contributed by atoms with van der Waals surface area (Å²) >= 11 is 0. The van der Waals surface area contributed by atoms with Crippen LogP contribution in [0.1, 0.15) is 27.8 Å². The summed E-state index contributed by atoms with van der Waals surface area (Å²) < 4.78 is 15.2. The summed E-state index contributed by atoms with van der Waals surface area (Å²) in [7, 11) is -2.98. The van der Waals surface area contributed by atoms with E-state index < -0.39 is 7.14 Å². The van der Waals surface area contributed by atoms with Crippen molar-refractivity contribution in [1.29, 1.82) is 0 Å². The molecule has 1 heterocycles. The predicted molar refractivity (Wildman–Crippen MR) is 132 cm³/mol. The zero-order valence-electron chi connectivity index (χ0n) is 17.9. The summed E-state index contributed by atoms with van der Waals surface area (Å²) in [6.07, 6.45) is 0.671. The molecule has 0 N–H and O–H groups in total. The minimum absolute atomic E-state index is 0.671. The summed E-state index contributed by atoms with van der Waals surface area (Å²) in [5, 5.41) is 2.93. The molecule has 0 aliphatic carbocycles. The molecule has 1 atom stereocenters. The Morgan fingerprint density at radius 1 is 0.677 bits per heavy atom. The van der Waals surface area contributed by atoms with Gasteiger partial charge in [-0.25, -0.2) is 0 Å². The van der Waals surface area contributed by atoms with Gasteiger partial charge in [0.05, 0.1) is 0 Å². The third-order valence-corrected chi connectivity index (χ3v) is 9.32. The van der Waals surface area contributed by atoms with E-state index in [2.05, 4.69) is 105 Å². The molecule has 0 saturated heterocycles. The fourth-order valence-electron chi connectivity index (χ4n) is 4.54. The summed E-state index contributed by atoms with van der Waals surface area (Å²) in [6, 6.07) is 35.5. The maximum Gasteiger partial charge on any atom is 0.168 e. The number of rotatable bonds is 4. The van der Waals surface area contributed by atoms with Gasteiger partial charge in [0.25, 0.3) is 0 Å². The highest BCUT2D eigenvalue weighted by Gasteiger charge is 2.42. The van der Waals surface area contributed by atoms with Crippen molar-refractivity contribution < 1.29 is 4.57 Å². The summed E-state index contributed by atoms with van der Waals surface area (Å²) in [5.41, 5.74) is 6.86. The maximum absolute atomic E-state index is 15.2. The lowest BCUT2D eigenvalue weighted by Crippen LogP contribution is -2.17.